The van der Waals surface area contributed by atoms with E-state index in [-0.39, 0.29) is 42.8 Å². The number of para-hydroxylation sites is 1. The summed E-state index contributed by atoms with van der Waals surface area (Å²) >= 11 is 0. The van der Waals surface area contributed by atoms with Crippen LogP contribution < -0.4 is 16.4 Å². The molecule has 150 valence electrons. The number of benzene rings is 2. The van der Waals surface area contributed by atoms with Gasteiger partial charge in [0.2, 0.25) is 5.91 Å². The zero-order chi connectivity index (χ0) is 19.8. The molecule has 0 aliphatic carbocycles. The van der Waals surface area contributed by atoms with Crippen LogP contribution >= 0.6 is 12.4 Å². The molecule has 0 saturated heterocycles. The predicted octanol–water partition coefficient (Wildman–Crippen LogP) is 3.02. The van der Waals surface area contributed by atoms with Crippen molar-refractivity contribution in [3.05, 3.63) is 64.7 Å². The highest BCUT2D eigenvalue weighted by molar-refractivity contribution is 6.05. The number of aryl methyl sites for hydroxylation is 2. The molecule has 0 unspecified atom stereocenters. The van der Waals surface area contributed by atoms with Gasteiger partial charge in [0, 0.05) is 31.5 Å². The SMILES string of the molecule is Cc1ccc(C)c(C(=O)CCC(=O)Nc2ccccc2C(=O)NCCN)c1.Cl. The van der Waals surface area contributed by atoms with E-state index in [1.54, 1.807) is 24.3 Å². The summed E-state index contributed by atoms with van der Waals surface area (Å²) in [5, 5.41) is 5.39. The Kier molecular flexibility index (Phi) is 9.35. The van der Waals surface area contributed by atoms with E-state index in [1.165, 1.54) is 0 Å². The van der Waals surface area contributed by atoms with Crippen LogP contribution in [0.5, 0.6) is 0 Å². The minimum atomic E-state index is -0.312. The molecule has 0 fully saturated rings. The number of amides is 2. The van der Waals surface area contributed by atoms with Gasteiger partial charge in [-0.2, -0.15) is 0 Å². The largest absolute Gasteiger partial charge is 0.351 e. The number of nitrogens with one attached hydrogen (secondary N) is 2. The second-order valence-electron chi connectivity index (χ2n) is 6.38. The number of nitrogens with two attached hydrogens (primary N) is 1. The Balaban J connectivity index is 0.00000392. The first-order valence-corrected chi connectivity index (χ1v) is 8.90. The quantitative estimate of drug-likeness (QED) is 0.589. The molecule has 0 aromatic heterocycles. The van der Waals surface area contributed by atoms with Crippen LogP contribution in [-0.2, 0) is 4.79 Å². The summed E-state index contributed by atoms with van der Waals surface area (Å²) in [5.74, 6) is -0.684. The summed E-state index contributed by atoms with van der Waals surface area (Å²) in [4.78, 5) is 36.8. The van der Waals surface area contributed by atoms with Gasteiger partial charge >= 0.3 is 0 Å². The van der Waals surface area contributed by atoms with Crippen LogP contribution in [0.2, 0.25) is 0 Å². The lowest BCUT2D eigenvalue weighted by atomic mass is 9.99. The Morgan fingerprint density at radius 3 is 2.39 bits per heavy atom. The normalized spacial score (nSPS) is 9.96. The van der Waals surface area contributed by atoms with Crippen LogP contribution in [0.3, 0.4) is 0 Å². The van der Waals surface area contributed by atoms with Crippen LogP contribution in [0.4, 0.5) is 5.69 Å². The fraction of sp³-hybridized carbons (Fsp3) is 0.286. The number of carbonyl (C=O) groups is 3. The number of Topliss-reactive ketones (excluding diaryl/α,β-unsaturated/α-hetero) is 1. The highest BCUT2D eigenvalue weighted by Crippen LogP contribution is 2.17. The summed E-state index contributed by atoms with van der Waals surface area (Å²) < 4.78 is 0. The predicted molar refractivity (Wildman–Crippen MR) is 113 cm³/mol. The summed E-state index contributed by atoms with van der Waals surface area (Å²) in [6.45, 7) is 4.49. The van der Waals surface area contributed by atoms with E-state index in [1.807, 2.05) is 32.0 Å². The van der Waals surface area contributed by atoms with Crippen molar-refractivity contribution in [1.82, 2.24) is 5.32 Å². The highest BCUT2D eigenvalue weighted by Gasteiger charge is 2.15. The first-order valence-electron chi connectivity index (χ1n) is 8.90. The minimum Gasteiger partial charge on any atom is -0.351 e. The molecule has 0 aliphatic heterocycles. The van der Waals surface area contributed by atoms with E-state index in [0.717, 1.165) is 11.1 Å². The van der Waals surface area contributed by atoms with Gasteiger partial charge in [-0.1, -0.05) is 29.8 Å². The van der Waals surface area contributed by atoms with Crippen molar-refractivity contribution < 1.29 is 14.4 Å². The van der Waals surface area contributed by atoms with Crippen LogP contribution in [0, 0.1) is 13.8 Å². The van der Waals surface area contributed by atoms with E-state index in [9.17, 15) is 14.4 Å². The molecule has 6 nitrogen and oxygen atoms in total. The molecule has 0 saturated carbocycles. The molecule has 0 radical (unpaired) electrons. The Morgan fingerprint density at radius 2 is 1.68 bits per heavy atom. The van der Waals surface area contributed by atoms with E-state index in [2.05, 4.69) is 10.6 Å². The maximum absolute atomic E-state index is 12.4. The fourth-order valence-electron chi connectivity index (χ4n) is 2.68. The number of anilines is 1. The zero-order valence-electron chi connectivity index (χ0n) is 16.1. The zero-order valence-corrected chi connectivity index (χ0v) is 16.9. The molecule has 0 bridgehead atoms. The molecular formula is C21H26ClN3O3. The summed E-state index contributed by atoms with van der Waals surface area (Å²) in [5.41, 5.74) is 8.71. The van der Waals surface area contributed by atoms with E-state index >= 15 is 0 Å². The standard InChI is InChI=1S/C21H25N3O3.ClH/c1-14-7-8-15(2)17(13-14)19(25)9-10-20(26)24-18-6-4-3-5-16(18)21(27)23-12-11-22;/h3-8,13H,9-12,22H2,1-2H3,(H,23,27)(H,24,26);1H. The number of hydrogen-bond donors (Lipinski definition) is 3. The molecule has 4 N–H and O–H groups in total. The van der Waals surface area contributed by atoms with Crippen molar-refractivity contribution in [1.29, 1.82) is 0 Å². The average Bonchev–Trinajstić information content (AvgIpc) is 2.66. The average molecular weight is 404 g/mol. The number of ketones is 1. The van der Waals surface area contributed by atoms with Crippen LogP contribution in [0.15, 0.2) is 42.5 Å². The van der Waals surface area contributed by atoms with E-state index < -0.39 is 0 Å². The number of rotatable bonds is 8. The van der Waals surface area contributed by atoms with E-state index in [0.29, 0.717) is 29.9 Å². The molecule has 0 atom stereocenters. The first-order chi connectivity index (χ1) is 12.9. The molecule has 28 heavy (non-hydrogen) atoms. The number of halogens is 1. The van der Waals surface area contributed by atoms with Gasteiger partial charge in [0.25, 0.3) is 5.91 Å². The van der Waals surface area contributed by atoms with Gasteiger partial charge in [-0.05, 0) is 37.6 Å². The Morgan fingerprint density at radius 1 is 0.964 bits per heavy atom. The number of carbonyl (C=O) groups excluding carboxylic acids is 3. The van der Waals surface area contributed by atoms with Crippen molar-refractivity contribution >= 4 is 35.7 Å². The molecule has 2 aromatic carbocycles. The Bertz CT molecular complexity index is 853. The van der Waals surface area contributed by atoms with Gasteiger partial charge in [0.05, 0.1) is 11.3 Å². The van der Waals surface area contributed by atoms with Gasteiger partial charge < -0.3 is 16.4 Å². The lowest BCUT2D eigenvalue weighted by Gasteiger charge is -2.11. The molecular weight excluding hydrogens is 378 g/mol. The second kappa shape index (κ2) is 11.2. The van der Waals surface area contributed by atoms with Crippen LogP contribution in [0.1, 0.15) is 44.7 Å². The molecule has 0 spiro atoms. The molecule has 7 heteroatoms. The van der Waals surface area contributed by atoms with Crippen LogP contribution in [-0.4, -0.2) is 30.7 Å². The third-order valence-corrected chi connectivity index (χ3v) is 4.15. The van der Waals surface area contributed by atoms with Crippen molar-refractivity contribution in [2.75, 3.05) is 18.4 Å². The summed E-state index contributed by atoms with van der Waals surface area (Å²) in [6, 6.07) is 12.4. The molecule has 2 rings (SSSR count). The molecule has 2 aromatic rings. The third kappa shape index (κ3) is 6.48. The fourth-order valence-corrected chi connectivity index (χ4v) is 2.68. The van der Waals surface area contributed by atoms with Crippen LogP contribution in [0.25, 0.3) is 0 Å². The Hall–Kier alpha value is -2.70. The first kappa shape index (κ1) is 23.3. The summed E-state index contributed by atoms with van der Waals surface area (Å²) in [6.07, 6.45) is 0.155. The van der Waals surface area contributed by atoms with Gasteiger partial charge in [0.1, 0.15) is 0 Å². The molecule has 0 aliphatic rings. The maximum Gasteiger partial charge on any atom is 0.253 e. The highest BCUT2D eigenvalue weighted by atomic mass is 35.5. The van der Waals surface area contributed by atoms with Gasteiger partial charge in [-0.25, -0.2) is 0 Å². The smallest absolute Gasteiger partial charge is 0.253 e. The monoisotopic (exact) mass is 403 g/mol. The van der Waals surface area contributed by atoms with Gasteiger partial charge in [-0.3, -0.25) is 14.4 Å². The van der Waals surface area contributed by atoms with E-state index in [4.69, 9.17) is 5.73 Å². The Labute approximate surface area is 171 Å². The maximum atomic E-state index is 12.4. The summed E-state index contributed by atoms with van der Waals surface area (Å²) in [7, 11) is 0. The number of hydrogen-bond acceptors (Lipinski definition) is 4. The third-order valence-electron chi connectivity index (χ3n) is 4.15. The van der Waals surface area contributed by atoms with Gasteiger partial charge in [0.15, 0.2) is 5.78 Å². The topological polar surface area (TPSA) is 101 Å². The van der Waals surface area contributed by atoms with Crippen molar-refractivity contribution in [2.45, 2.75) is 26.7 Å². The second-order valence-corrected chi connectivity index (χ2v) is 6.38. The molecule has 2 amide bonds. The lowest BCUT2D eigenvalue weighted by Crippen LogP contribution is -2.30. The van der Waals surface area contributed by atoms with Crippen molar-refractivity contribution in [3.8, 4) is 0 Å². The van der Waals surface area contributed by atoms with Gasteiger partial charge in [-0.15, -0.1) is 12.4 Å². The molecule has 0 heterocycles. The minimum absolute atomic E-state index is 0. The van der Waals surface area contributed by atoms with Crippen molar-refractivity contribution in [2.24, 2.45) is 5.73 Å². The van der Waals surface area contributed by atoms with Crippen molar-refractivity contribution in [3.63, 3.8) is 0 Å². The lowest BCUT2D eigenvalue weighted by molar-refractivity contribution is -0.116.